The number of ether oxygens (including phenoxy) is 1. The van der Waals surface area contributed by atoms with Crippen LogP contribution in [-0.2, 0) is 4.74 Å². The number of benzene rings is 1. The number of carbonyl (C=O) groups is 1. The lowest BCUT2D eigenvalue weighted by molar-refractivity contribution is 0.0704. The van der Waals surface area contributed by atoms with Gasteiger partial charge in [0.15, 0.2) is 4.96 Å². The summed E-state index contributed by atoms with van der Waals surface area (Å²) in [6.07, 6.45) is 2.79. The van der Waals surface area contributed by atoms with Gasteiger partial charge in [-0.05, 0) is 18.6 Å². The zero-order valence-corrected chi connectivity index (χ0v) is 14.7. The van der Waals surface area contributed by atoms with Crippen LogP contribution in [0, 0.1) is 0 Å². The highest BCUT2D eigenvalue weighted by atomic mass is 35.5. The molecule has 1 aliphatic heterocycles. The van der Waals surface area contributed by atoms with Crippen LogP contribution in [-0.4, -0.2) is 46.5 Å². The number of amides is 1. The maximum Gasteiger partial charge on any atom is 0.271 e. The number of imidazole rings is 1. The van der Waals surface area contributed by atoms with Crippen molar-refractivity contribution in [2.45, 2.75) is 12.5 Å². The minimum absolute atomic E-state index is 0.00296. The third-order valence-electron chi connectivity index (χ3n) is 4.34. The van der Waals surface area contributed by atoms with Crippen molar-refractivity contribution in [3.05, 3.63) is 46.6 Å². The molecule has 0 aliphatic carbocycles. The van der Waals surface area contributed by atoms with E-state index in [4.69, 9.17) is 16.3 Å². The Bertz CT molecular complexity index is 881. The number of likely N-dealkylation sites (N-methyl/N-ethyl adjacent to an activating group) is 1. The zero-order chi connectivity index (χ0) is 16.7. The molecule has 1 fully saturated rings. The lowest BCUT2D eigenvalue weighted by Crippen LogP contribution is -2.37. The van der Waals surface area contributed by atoms with Crippen LogP contribution in [0.3, 0.4) is 0 Å². The third-order valence-corrected chi connectivity index (χ3v) is 5.43. The van der Waals surface area contributed by atoms with Gasteiger partial charge in [0.25, 0.3) is 5.91 Å². The van der Waals surface area contributed by atoms with Crippen LogP contribution < -0.4 is 0 Å². The fourth-order valence-corrected chi connectivity index (χ4v) is 3.84. The van der Waals surface area contributed by atoms with Crippen molar-refractivity contribution in [1.29, 1.82) is 0 Å². The molecule has 124 valence electrons. The highest BCUT2D eigenvalue weighted by Gasteiger charge is 2.27. The van der Waals surface area contributed by atoms with Crippen molar-refractivity contribution in [2.75, 3.05) is 20.3 Å². The Morgan fingerprint density at radius 2 is 2.21 bits per heavy atom. The summed E-state index contributed by atoms with van der Waals surface area (Å²) < 4.78 is 7.25. The monoisotopic (exact) mass is 361 g/mol. The Kier molecular flexibility index (Phi) is 4.04. The highest BCUT2D eigenvalue weighted by Crippen LogP contribution is 2.26. The summed E-state index contributed by atoms with van der Waals surface area (Å²) in [5, 5.41) is 2.55. The van der Waals surface area contributed by atoms with Crippen LogP contribution in [0.25, 0.3) is 16.2 Å². The lowest BCUT2D eigenvalue weighted by Gasteiger charge is -2.22. The van der Waals surface area contributed by atoms with Crippen molar-refractivity contribution < 1.29 is 9.53 Å². The van der Waals surface area contributed by atoms with Crippen LogP contribution in [0.4, 0.5) is 0 Å². The number of fused-ring (bicyclic) bond motifs is 1. The van der Waals surface area contributed by atoms with E-state index < -0.39 is 0 Å². The van der Waals surface area contributed by atoms with Gasteiger partial charge in [-0.1, -0.05) is 23.7 Å². The number of thiazole rings is 1. The molecule has 2 aromatic heterocycles. The minimum Gasteiger partial charge on any atom is -0.379 e. The van der Waals surface area contributed by atoms with Gasteiger partial charge in [0.1, 0.15) is 5.69 Å². The predicted octanol–water partition coefficient (Wildman–Crippen LogP) is 3.58. The molecule has 3 heterocycles. The number of rotatable bonds is 3. The molecule has 0 bridgehead atoms. The normalized spacial score (nSPS) is 17.5. The molecule has 4 rings (SSSR count). The Labute approximate surface area is 148 Å². The third kappa shape index (κ3) is 2.70. The molecule has 7 heteroatoms. The van der Waals surface area contributed by atoms with Gasteiger partial charge in [-0.25, -0.2) is 4.98 Å². The first kappa shape index (κ1) is 15.6. The fraction of sp³-hybridized carbons (Fsp3) is 0.294. The SMILES string of the molecule is CN(C(=O)c1csc2nc(-c3ccc(Cl)cc3)cn12)[C@@H]1CCOC1. The van der Waals surface area contributed by atoms with Crippen LogP contribution >= 0.6 is 22.9 Å². The van der Waals surface area contributed by atoms with E-state index in [-0.39, 0.29) is 11.9 Å². The average molecular weight is 362 g/mol. The van der Waals surface area contributed by atoms with E-state index in [1.165, 1.54) is 11.3 Å². The Balaban J connectivity index is 1.67. The van der Waals surface area contributed by atoms with Gasteiger partial charge in [0.05, 0.1) is 18.3 Å². The molecular formula is C17H16ClN3O2S. The van der Waals surface area contributed by atoms with Crippen LogP contribution in [0.5, 0.6) is 0 Å². The zero-order valence-electron chi connectivity index (χ0n) is 13.1. The van der Waals surface area contributed by atoms with Crippen molar-refractivity contribution in [3.63, 3.8) is 0 Å². The van der Waals surface area contributed by atoms with Gasteiger partial charge < -0.3 is 9.64 Å². The van der Waals surface area contributed by atoms with Gasteiger partial charge >= 0.3 is 0 Å². The largest absolute Gasteiger partial charge is 0.379 e. The number of hydrogen-bond acceptors (Lipinski definition) is 4. The van der Waals surface area contributed by atoms with Crippen LogP contribution in [0.1, 0.15) is 16.9 Å². The molecule has 1 saturated heterocycles. The van der Waals surface area contributed by atoms with E-state index in [0.29, 0.717) is 23.9 Å². The molecule has 0 radical (unpaired) electrons. The van der Waals surface area contributed by atoms with E-state index in [1.54, 1.807) is 4.90 Å². The molecule has 3 aromatic rings. The van der Waals surface area contributed by atoms with E-state index in [1.807, 2.05) is 47.3 Å². The second-order valence-electron chi connectivity index (χ2n) is 5.84. The topological polar surface area (TPSA) is 46.8 Å². The molecule has 5 nitrogen and oxygen atoms in total. The molecule has 1 aliphatic rings. The molecule has 0 saturated carbocycles. The van der Waals surface area contributed by atoms with Crippen molar-refractivity contribution in [3.8, 4) is 11.3 Å². The average Bonchev–Trinajstić information content (AvgIpc) is 3.30. The second kappa shape index (κ2) is 6.20. The lowest BCUT2D eigenvalue weighted by atomic mass is 10.2. The van der Waals surface area contributed by atoms with Crippen molar-refractivity contribution in [2.24, 2.45) is 0 Å². The number of hydrogen-bond donors (Lipinski definition) is 0. The Hall–Kier alpha value is -1.89. The van der Waals surface area contributed by atoms with Gasteiger partial charge in [-0.15, -0.1) is 11.3 Å². The molecule has 0 N–H and O–H groups in total. The first-order valence-electron chi connectivity index (χ1n) is 7.71. The number of aromatic nitrogens is 2. The highest BCUT2D eigenvalue weighted by molar-refractivity contribution is 7.15. The summed E-state index contributed by atoms with van der Waals surface area (Å²) in [5.74, 6) is -0.00296. The van der Waals surface area contributed by atoms with E-state index in [0.717, 1.165) is 22.6 Å². The number of carbonyl (C=O) groups excluding carboxylic acids is 1. The minimum atomic E-state index is -0.00296. The first-order chi connectivity index (χ1) is 11.6. The standard InChI is InChI=1S/C17H16ClN3O2S/c1-20(13-6-7-23-9-13)16(22)15-10-24-17-19-14(8-21(15)17)11-2-4-12(18)5-3-11/h2-5,8,10,13H,6-7,9H2,1H3/t13-/m1/s1. The van der Waals surface area contributed by atoms with Crippen molar-refractivity contribution in [1.82, 2.24) is 14.3 Å². The maximum absolute atomic E-state index is 12.8. The summed E-state index contributed by atoms with van der Waals surface area (Å²) in [4.78, 5) is 20.0. The Morgan fingerprint density at radius 3 is 2.92 bits per heavy atom. The smallest absolute Gasteiger partial charge is 0.271 e. The van der Waals surface area contributed by atoms with Gasteiger partial charge in [-0.3, -0.25) is 9.20 Å². The Morgan fingerprint density at radius 1 is 1.42 bits per heavy atom. The summed E-state index contributed by atoms with van der Waals surface area (Å²) in [6, 6.07) is 7.68. The molecule has 1 amide bonds. The summed E-state index contributed by atoms with van der Waals surface area (Å²) in [6.45, 7) is 1.32. The van der Waals surface area contributed by atoms with E-state index in [2.05, 4.69) is 4.98 Å². The maximum atomic E-state index is 12.8. The van der Waals surface area contributed by atoms with Gasteiger partial charge in [0.2, 0.25) is 0 Å². The van der Waals surface area contributed by atoms with Crippen LogP contribution in [0.2, 0.25) is 5.02 Å². The van der Waals surface area contributed by atoms with Gasteiger partial charge in [-0.2, -0.15) is 0 Å². The molecule has 1 aromatic carbocycles. The fourth-order valence-electron chi connectivity index (χ4n) is 2.87. The van der Waals surface area contributed by atoms with E-state index in [9.17, 15) is 4.79 Å². The van der Waals surface area contributed by atoms with Crippen LogP contribution in [0.15, 0.2) is 35.8 Å². The summed E-state index contributed by atoms with van der Waals surface area (Å²) in [5.41, 5.74) is 2.45. The first-order valence-corrected chi connectivity index (χ1v) is 8.96. The molecule has 0 spiro atoms. The molecule has 0 unspecified atom stereocenters. The van der Waals surface area contributed by atoms with E-state index >= 15 is 0 Å². The molecule has 1 atom stereocenters. The number of nitrogens with zero attached hydrogens (tertiary/aromatic N) is 3. The van der Waals surface area contributed by atoms with Gasteiger partial charge in [0, 0.05) is 35.8 Å². The second-order valence-corrected chi connectivity index (χ2v) is 7.11. The summed E-state index contributed by atoms with van der Waals surface area (Å²) >= 11 is 7.40. The summed E-state index contributed by atoms with van der Waals surface area (Å²) in [7, 11) is 1.84. The van der Waals surface area contributed by atoms with Crippen molar-refractivity contribution >= 4 is 33.8 Å². The number of halogens is 1. The molecular weight excluding hydrogens is 346 g/mol. The molecule has 24 heavy (non-hydrogen) atoms. The predicted molar refractivity (Wildman–Crippen MR) is 94.8 cm³/mol. The quantitative estimate of drug-likeness (QED) is 0.716.